The normalized spacial score (nSPS) is 16.3. The Balaban J connectivity index is 1.52. The van der Waals surface area contributed by atoms with Crippen LogP contribution in [-0.4, -0.2) is 73.6 Å². The summed E-state index contributed by atoms with van der Waals surface area (Å²) in [6.07, 6.45) is 0.248. The molecule has 3 aromatic heterocycles. The van der Waals surface area contributed by atoms with Crippen LogP contribution < -0.4 is 9.80 Å². The van der Waals surface area contributed by atoms with Gasteiger partial charge in [-0.3, -0.25) is 9.69 Å². The van der Waals surface area contributed by atoms with Crippen LogP contribution in [0.25, 0.3) is 11.5 Å². The number of nitrogens with zero attached hydrogens (tertiary/aromatic N) is 8. The molecule has 0 saturated heterocycles. The van der Waals surface area contributed by atoms with Crippen LogP contribution in [-0.2, 0) is 19.5 Å². The first-order valence-corrected chi connectivity index (χ1v) is 12.2. The van der Waals surface area contributed by atoms with Gasteiger partial charge >= 0.3 is 6.09 Å². The number of aryl methyl sites for hydroxylation is 1. The topological polar surface area (TPSA) is 121 Å². The maximum absolute atomic E-state index is 13.6. The summed E-state index contributed by atoms with van der Waals surface area (Å²) in [5.74, 6) is 1.98. The second-order valence-electron chi connectivity index (χ2n) is 9.73. The first-order chi connectivity index (χ1) is 17.7. The summed E-state index contributed by atoms with van der Waals surface area (Å²) in [6.45, 7) is 3.76. The highest BCUT2D eigenvalue weighted by Crippen LogP contribution is 2.34. The molecule has 2 aliphatic rings. The van der Waals surface area contributed by atoms with Crippen molar-refractivity contribution in [1.82, 2.24) is 29.6 Å². The summed E-state index contributed by atoms with van der Waals surface area (Å²) in [5, 5.41) is 17.9. The van der Waals surface area contributed by atoms with E-state index in [-0.39, 0.29) is 31.1 Å². The van der Waals surface area contributed by atoms with Crippen molar-refractivity contribution < 1.29 is 19.1 Å². The average molecular weight is 509 g/mol. The highest BCUT2D eigenvalue weighted by Gasteiger charge is 2.34. The lowest BCUT2D eigenvalue weighted by Gasteiger charge is -2.24. The van der Waals surface area contributed by atoms with Gasteiger partial charge in [-0.05, 0) is 38.5 Å². The summed E-state index contributed by atoms with van der Waals surface area (Å²) < 4.78 is 15.4. The lowest BCUT2D eigenvalue weighted by molar-refractivity contribution is 0.0996. The molecule has 11 nitrogen and oxygen atoms in total. The fourth-order valence-corrected chi connectivity index (χ4v) is 4.73. The van der Waals surface area contributed by atoms with E-state index in [4.69, 9.17) is 9.97 Å². The monoisotopic (exact) mass is 508 g/mol. The van der Waals surface area contributed by atoms with E-state index in [9.17, 15) is 19.1 Å². The third-order valence-corrected chi connectivity index (χ3v) is 7.09. The molecule has 0 bridgehead atoms. The van der Waals surface area contributed by atoms with E-state index < -0.39 is 12.8 Å². The quantitative estimate of drug-likeness (QED) is 0.516. The van der Waals surface area contributed by atoms with E-state index in [1.54, 1.807) is 33.7 Å². The number of anilines is 2. The summed E-state index contributed by atoms with van der Waals surface area (Å²) in [5.41, 5.74) is 2.17. The number of hydrogen-bond acceptors (Lipinski definition) is 7. The van der Waals surface area contributed by atoms with Crippen molar-refractivity contribution in [2.45, 2.75) is 51.9 Å². The number of halogens is 1. The Morgan fingerprint density at radius 3 is 2.73 bits per heavy atom. The first-order valence-electron chi connectivity index (χ1n) is 12.2. The molecule has 5 heterocycles. The maximum atomic E-state index is 13.6. The fourth-order valence-electron chi connectivity index (χ4n) is 4.73. The zero-order valence-electron chi connectivity index (χ0n) is 21.2. The molecule has 194 valence electrons. The Morgan fingerprint density at radius 2 is 2.03 bits per heavy atom. The molecular weight excluding hydrogens is 479 g/mol. The van der Waals surface area contributed by atoms with Gasteiger partial charge in [-0.15, -0.1) is 10.2 Å². The van der Waals surface area contributed by atoms with Crippen LogP contribution >= 0.6 is 0 Å². The molecule has 12 heteroatoms. The van der Waals surface area contributed by atoms with E-state index in [1.807, 2.05) is 25.8 Å². The molecule has 2 amide bonds. The lowest BCUT2D eigenvalue weighted by atomic mass is 10.1. The van der Waals surface area contributed by atoms with E-state index >= 15 is 0 Å². The molecule has 0 spiro atoms. The van der Waals surface area contributed by atoms with E-state index in [1.165, 1.54) is 7.05 Å². The van der Waals surface area contributed by atoms with Crippen molar-refractivity contribution in [3.8, 4) is 11.5 Å². The maximum Gasteiger partial charge on any atom is 0.407 e. The number of pyridine rings is 2. The molecule has 0 aliphatic carbocycles. The number of alkyl halides is 1. The molecule has 0 fully saturated rings. The SMILES string of the molecule is CC(C)N(C)c1cc2c(c(CN(C)C(=O)O)n1)CN(c1cccc(-c3nnc4n3C(CF)CC4)n1)C2=O. The van der Waals surface area contributed by atoms with Gasteiger partial charge in [-0.1, -0.05) is 6.07 Å². The highest BCUT2D eigenvalue weighted by molar-refractivity contribution is 6.10. The zero-order valence-corrected chi connectivity index (χ0v) is 21.2. The molecular formula is C25H29FN8O3. The van der Waals surface area contributed by atoms with Crippen molar-refractivity contribution in [2.24, 2.45) is 0 Å². The van der Waals surface area contributed by atoms with E-state index in [0.717, 1.165) is 10.7 Å². The van der Waals surface area contributed by atoms with Gasteiger partial charge in [0.25, 0.3) is 5.91 Å². The second kappa shape index (κ2) is 9.41. The van der Waals surface area contributed by atoms with Crippen molar-refractivity contribution >= 4 is 23.6 Å². The highest BCUT2D eigenvalue weighted by atomic mass is 19.1. The lowest BCUT2D eigenvalue weighted by Crippen LogP contribution is -2.29. The van der Waals surface area contributed by atoms with Crippen LogP contribution in [0, 0.1) is 0 Å². The third-order valence-electron chi connectivity index (χ3n) is 7.09. The number of amides is 2. The Hall–Kier alpha value is -4.09. The van der Waals surface area contributed by atoms with Crippen LogP contribution in [0.5, 0.6) is 0 Å². The molecule has 0 radical (unpaired) electrons. The second-order valence-corrected chi connectivity index (χ2v) is 9.73. The smallest absolute Gasteiger partial charge is 0.407 e. The third kappa shape index (κ3) is 4.25. The predicted molar refractivity (Wildman–Crippen MR) is 134 cm³/mol. The minimum Gasteiger partial charge on any atom is -0.465 e. The van der Waals surface area contributed by atoms with Gasteiger partial charge in [0.1, 0.15) is 29.8 Å². The van der Waals surface area contributed by atoms with E-state index in [2.05, 4.69) is 10.2 Å². The number of carbonyl (C=O) groups excluding carboxylic acids is 1. The molecule has 37 heavy (non-hydrogen) atoms. The Bertz CT molecular complexity index is 1370. The van der Waals surface area contributed by atoms with Crippen molar-refractivity contribution in [3.05, 3.63) is 46.9 Å². The minimum atomic E-state index is -1.08. The number of hydrogen-bond donors (Lipinski definition) is 1. The van der Waals surface area contributed by atoms with Crippen LogP contribution in [0.3, 0.4) is 0 Å². The zero-order chi connectivity index (χ0) is 26.4. The summed E-state index contributed by atoms with van der Waals surface area (Å²) >= 11 is 0. The summed E-state index contributed by atoms with van der Waals surface area (Å²) in [7, 11) is 3.35. The molecule has 1 atom stereocenters. The standard InChI is InChI=1S/C25H29FN8O3/c1-14(2)32(4)22-10-16-17(19(28-22)13-31(3)25(36)37)12-33(24(16)35)20-7-5-6-18(27-20)23-30-29-21-9-8-15(11-26)34(21)23/h5-7,10,14-15H,8-9,11-13H2,1-4H3,(H,36,37). The average Bonchev–Trinajstić information content (AvgIpc) is 3.57. The molecule has 0 saturated carbocycles. The molecule has 5 rings (SSSR count). The number of carbonyl (C=O) groups is 2. The minimum absolute atomic E-state index is 0.0442. The van der Waals surface area contributed by atoms with Crippen molar-refractivity contribution in [3.63, 3.8) is 0 Å². The number of carboxylic acid groups (broad SMARTS) is 1. The number of aromatic nitrogens is 5. The summed E-state index contributed by atoms with van der Waals surface area (Å²) in [4.78, 5) is 39.2. The molecule has 0 aromatic carbocycles. The van der Waals surface area contributed by atoms with Gasteiger partial charge in [0, 0.05) is 32.1 Å². The van der Waals surface area contributed by atoms with Gasteiger partial charge in [-0.25, -0.2) is 19.2 Å². The van der Waals surface area contributed by atoms with Gasteiger partial charge in [0.2, 0.25) is 0 Å². The molecule has 2 aliphatic heterocycles. The predicted octanol–water partition coefficient (Wildman–Crippen LogP) is 3.31. The Labute approximate surface area is 213 Å². The van der Waals surface area contributed by atoms with Crippen LogP contribution in [0.2, 0.25) is 0 Å². The molecule has 1 unspecified atom stereocenters. The van der Waals surface area contributed by atoms with Crippen molar-refractivity contribution in [2.75, 3.05) is 30.6 Å². The number of fused-ring (bicyclic) bond motifs is 2. The van der Waals surface area contributed by atoms with E-state index in [0.29, 0.717) is 52.8 Å². The first kappa shape index (κ1) is 24.6. The largest absolute Gasteiger partial charge is 0.465 e. The van der Waals surface area contributed by atoms with Gasteiger partial charge in [0.15, 0.2) is 5.82 Å². The number of rotatable bonds is 7. The van der Waals surface area contributed by atoms with Gasteiger partial charge in [-0.2, -0.15) is 0 Å². The van der Waals surface area contributed by atoms with Gasteiger partial charge in [0.05, 0.1) is 30.4 Å². The van der Waals surface area contributed by atoms with Crippen molar-refractivity contribution in [1.29, 1.82) is 0 Å². The van der Waals surface area contributed by atoms with Gasteiger partial charge < -0.3 is 19.5 Å². The Kier molecular flexibility index (Phi) is 6.26. The summed E-state index contributed by atoms with van der Waals surface area (Å²) in [6, 6.07) is 6.85. The Morgan fingerprint density at radius 1 is 1.24 bits per heavy atom. The molecule has 3 aromatic rings. The molecule has 1 N–H and O–H groups in total. The van der Waals surface area contributed by atoms with Crippen LogP contribution in [0.15, 0.2) is 24.3 Å². The van der Waals surface area contributed by atoms with Crippen LogP contribution in [0.4, 0.5) is 20.8 Å². The fraction of sp³-hybridized carbons (Fsp3) is 0.440. The van der Waals surface area contributed by atoms with Crippen LogP contribution in [0.1, 0.15) is 53.7 Å².